The Hall–Kier alpha value is -3.82. The highest BCUT2D eigenvalue weighted by Crippen LogP contribution is 2.26. The number of imidazole rings is 1. The van der Waals surface area contributed by atoms with Crippen molar-refractivity contribution in [2.24, 2.45) is 17.8 Å². The molecule has 0 fully saturated rings. The molecule has 0 aliphatic rings. The van der Waals surface area contributed by atoms with Gasteiger partial charge in [0.05, 0.1) is 12.0 Å². The molecule has 8 nitrogen and oxygen atoms in total. The zero-order valence-electron chi connectivity index (χ0n) is 17.5. The number of allylic oxidation sites excluding steroid dienone is 2. The summed E-state index contributed by atoms with van der Waals surface area (Å²) in [6, 6.07) is 2.96. The van der Waals surface area contributed by atoms with Gasteiger partial charge < -0.3 is 11.1 Å². The number of halogens is 2. The van der Waals surface area contributed by atoms with Crippen LogP contribution in [-0.2, 0) is 13.6 Å². The molecule has 0 aliphatic heterocycles. The van der Waals surface area contributed by atoms with Crippen LogP contribution in [0.4, 0.5) is 20.4 Å². The van der Waals surface area contributed by atoms with Gasteiger partial charge in [0.1, 0.15) is 11.3 Å². The molecule has 0 radical (unpaired) electrons. The van der Waals surface area contributed by atoms with Crippen molar-refractivity contribution in [1.82, 2.24) is 19.1 Å². The lowest BCUT2D eigenvalue weighted by atomic mass is 10.0. The fourth-order valence-electron chi connectivity index (χ4n) is 3.17. The molecular formula is C21H23F2N7O. The van der Waals surface area contributed by atoms with E-state index in [1.807, 2.05) is 0 Å². The third-order valence-electron chi connectivity index (χ3n) is 4.81. The van der Waals surface area contributed by atoms with Gasteiger partial charge in [0.25, 0.3) is 0 Å². The van der Waals surface area contributed by atoms with Crippen molar-refractivity contribution in [2.45, 2.75) is 19.9 Å². The number of rotatable bonds is 7. The third-order valence-corrected chi connectivity index (χ3v) is 4.81. The summed E-state index contributed by atoms with van der Waals surface area (Å²) in [6.45, 7) is 5.12. The largest absolute Gasteiger partial charge is 0.404 e. The van der Waals surface area contributed by atoms with Crippen molar-refractivity contribution >= 4 is 34.6 Å². The number of anilines is 2. The van der Waals surface area contributed by atoms with Crippen LogP contribution in [0.5, 0.6) is 0 Å². The lowest BCUT2D eigenvalue weighted by Gasteiger charge is -2.12. The van der Waals surface area contributed by atoms with Gasteiger partial charge >= 0.3 is 5.69 Å². The first-order valence-corrected chi connectivity index (χ1v) is 9.44. The van der Waals surface area contributed by atoms with E-state index >= 15 is 0 Å². The Kier molecular flexibility index (Phi) is 6.28. The van der Waals surface area contributed by atoms with Gasteiger partial charge in [-0.2, -0.15) is 4.98 Å². The molecule has 10 heteroatoms. The quantitative estimate of drug-likeness (QED) is 0.564. The molecule has 31 heavy (non-hydrogen) atoms. The van der Waals surface area contributed by atoms with Crippen LogP contribution in [0.3, 0.4) is 0 Å². The summed E-state index contributed by atoms with van der Waals surface area (Å²) in [5.41, 5.74) is 8.02. The van der Waals surface area contributed by atoms with E-state index in [0.29, 0.717) is 28.0 Å². The molecule has 0 saturated heterocycles. The third kappa shape index (κ3) is 4.37. The highest BCUT2D eigenvalue weighted by molar-refractivity contribution is 6.09. The zero-order chi connectivity index (χ0) is 22.7. The number of nitrogens with two attached hydrogens (primary N) is 1. The summed E-state index contributed by atoms with van der Waals surface area (Å²) in [7, 11) is 3.16. The average Bonchev–Trinajstić information content (AvgIpc) is 2.97. The van der Waals surface area contributed by atoms with E-state index in [4.69, 9.17) is 5.73 Å². The van der Waals surface area contributed by atoms with Crippen LogP contribution in [0.15, 0.2) is 46.7 Å². The van der Waals surface area contributed by atoms with Crippen LogP contribution in [-0.4, -0.2) is 32.4 Å². The lowest BCUT2D eigenvalue weighted by Crippen LogP contribution is -2.22. The van der Waals surface area contributed by atoms with Crippen molar-refractivity contribution in [3.8, 4) is 0 Å². The first-order valence-electron chi connectivity index (χ1n) is 9.44. The molecule has 0 spiro atoms. The van der Waals surface area contributed by atoms with Crippen molar-refractivity contribution in [1.29, 1.82) is 0 Å². The number of aromatic nitrogens is 4. The normalized spacial score (nSPS) is 12.1. The Bertz CT molecular complexity index is 1270. The van der Waals surface area contributed by atoms with E-state index in [1.165, 1.54) is 33.8 Å². The second-order valence-electron chi connectivity index (χ2n) is 6.94. The van der Waals surface area contributed by atoms with Crippen molar-refractivity contribution < 1.29 is 8.78 Å². The highest BCUT2D eigenvalue weighted by atomic mass is 19.1. The maximum atomic E-state index is 14.7. The van der Waals surface area contributed by atoms with E-state index < -0.39 is 11.6 Å². The summed E-state index contributed by atoms with van der Waals surface area (Å²) in [6.07, 6.45) is 4.24. The van der Waals surface area contributed by atoms with Gasteiger partial charge in [-0.3, -0.25) is 14.1 Å². The van der Waals surface area contributed by atoms with Crippen molar-refractivity contribution in [3.63, 3.8) is 0 Å². The molecule has 0 bridgehead atoms. The summed E-state index contributed by atoms with van der Waals surface area (Å²) < 4.78 is 30.6. The summed E-state index contributed by atoms with van der Waals surface area (Å²) in [5.74, 6) is -0.851. The number of aryl methyl sites for hydroxylation is 3. The molecule has 2 heterocycles. The van der Waals surface area contributed by atoms with Gasteiger partial charge in [-0.1, -0.05) is 6.58 Å². The van der Waals surface area contributed by atoms with Gasteiger partial charge in [-0.05, 0) is 24.6 Å². The van der Waals surface area contributed by atoms with E-state index in [1.54, 1.807) is 27.1 Å². The van der Waals surface area contributed by atoms with E-state index in [9.17, 15) is 13.6 Å². The van der Waals surface area contributed by atoms with Crippen LogP contribution >= 0.6 is 0 Å². The minimum absolute atomic E-state index is 0.00434. The topological polar surface area (TPSA) is 103 Å². The lowest BCUT2D eigenvalue weighted by molar-refractivity contribution is 0.546. The molecule has 2 aromatic heterocycles. The van der Waals surface area contributed by atoms with Crippen LogP contribution in [0.25, 0.3) is 16.7 Å². The molecule has 3 N–H and O–H groups in total. The van der Waals surface area contributed by atoms with E-state index in [0.717, 1.165) is 5.56 Å². The van der Waals surface area contributed by atoms with E-state index in [2.05, 4.69) is 26.9 Å². The van der Waals surface area contributed by atoms with E-state index in [-0.39, 0.29) is 24.6 Å². The number of nitrogens with zero attached hydrogens (tertiary/aromatic N) is 5. The average molecular weight is 427 g/mol. The van der Waals surface area contributed by atoms with Gasteiger partial charge in [-0.15, -0.1) is 0 Å². The predicted molar refractivity (Wildman–Crippen MR) is 119 cm³/mol. The number of aliphatic imine (C=N–C) groups is 1. The predicted octanol–water partition coefficient (Wildman–Crippen LogP) is 3.19. The smallest absolute Gasteiger partial charge is 0.330 e. The number of hydrogen-bond acceptors (Lipinski definition) is 6. The molecule has 0 saturated carbocycles. The van der Waals surface area contributed by atoms with Gasteiger partial charge in [0.2, 0.25) is 5.95 Å². The Morgan fingerprint density at radius 2 is 2.16 bits per heavy atom. The van der Waals surface area contributed by atoms with Crippen LogP contribution in [0, 0.1) is 12.7 Å². The van der Waals surface area contributed by atoms with Crippen LogP contribution in [0.1, 0.15) is 17.5 Å². The molecule has 1 aromatic carbocycles. The molecule has 0 unspecified atom stereocenters. The van der Waals surface area contributed by atoms with Crippen LogP contribution in [0.2, 0.25) is 0 Å². The fourth-order valence-corrected chi connectivity index (χ4v) is 3.17. The number of hydrogen-bond donors (Lipinski definition) is 2. The molecule has 162 valence electrons. The van der Waals surface area contributed by atoms with Gasteiger partial charge in [0.15, 0.2) is 5.65 Å². The molecule has 0 amide bonds. The molecule has 3 rings (SSSR count). The molecule has 0 aliphatic carbocycles. The van der Waals surface area contributed by atoms with Gasteiger partial charge in [-0.25, -0.2) is 18.6 Å². The molecule has 3 aromatic rings. The number of nitrogens with one attached hydrogen (secondary N) is 1. The second kappa shape index (κ2) is 8.90. The first-order chi connectivity index (χ1) is 14.8. The van der Waals surface area contributed by atoms with Gasteiger partial charge in [0, 0.05) is 56.3 Å². The second-order valence-corrected chi connectivity index (χ2v) is 6.94. The Morgan fingerprint density at radius 1 is 1.42 bits per heavy atom. The van der Waals surface area contributed by atoms with Crippen molar-refractivity contribution in [2.75, 3.05) is 12.4 Å². The monoisotopic (exact) mass is 427 g/mol. The minimum Gasteiger partial charge on any atom is -0.404 e. The zero-order valence-corrected chi connectivity index (χ0v) is 17.5. The minimum atomic E-state index is -0.526. The number of benzene rings is 1. The Labute approximate surface area is 177 Å². The number of fused-ring (bicyclic) bond motifs is 1. The Morgan fingerprint density at radius 3 is 2.81 bits per heavy atom. The maximum Gasteiger partial charge on any atom is 0.330 e. The summed E-state index contributed by atoms with van der Waals surface area (Å²) in [5, 5.41) is 2.98. The fraction of sp³-hybridized carbons (Fsp3) is 0.238. The SMILES string of the molecule is C=C(F)CCn1c(=O)n(C)c2cnc(Nc3cc(F)c(/C(C=NC)=C/N)cc3C)nc21. The standard InChI is InChI=1S/C21H23F2N7O/c1-12-7-15(14(9-24)10-25-3)16(23)8-17(12)27-20-26-11-18-19(28-20)30(6-5-13(2)22)21(31)29(18)4/h7-11H,2,5-6,24H2,1,3-4H3,(H,26,27,28)/b14-9+,25-10?. The Balaban J connectivity index is 2.00. The maximum absolute atomic E-state index is 14.7. The highest BCUT2D eigenvalue weighted by Gasteiger charge is 2.15. The summed E-state index contributed by atoms with van der Waals surface area (Å²) >= 11 is 0. The van der Waals surface area contributed by atoms with Crippen molar-refractivity contribution in [3.05, 3.63) is 64.4 Å². The first kappa shape index (κ1) is 21.9. The summed E-state index contributed by atoms with van der Waals surface area (Å²) in [4.78, 5) is 25.0. The molecule has 0 atom stereocenters. The molecular weight excluding hydrogens is 404 g/mol. The van der Waals surface area contributed by atoms with Crippen LogP contribution < -0.4 is 16.7 Å².